The van der Waals surface area contributed by atoms with E-state index in [0.717, 1.165) is 11.3 Å². The van der Waals surface area contributed by atoms with Crippen molar-refractivity contribution in [3.05, 3.63) is 70.2 Å². The van der Waals surface area contributed by atoms with Gasteiger partial charge in [-0.05, 0) is 36.4 Å². The van der Waals surface area contributed by atoms with Crippen molar-refractivity contribution in [1.82, 2.24) is 0 Å². The third kappa shape index (κ3) is 2.44. The summed E-state index contributed by atoms with van der Waals surface area (Å²) in [5, 5.41) is 4.84. The van der Waals surface area contributed by atoms with Gasteiger partial charge in [0.2, 0.25) is 5.43 Å². The third-order valence-electron chi connectivity index (χ3n) is 3.36. The molecule has 3 aromatic rings. The number of ether oxygens (including phenoxy) is 1. The monoisotopic (exact) mass is 294 g/mol. The number of hydrogen-bond acceptors (Lipinski definition) is 5. The van der Waals surface area contributed by atoms with Crippen LogP contribution in [0.2, 0.25) is 0 Å². The zero-order valence-electron chi connectivity index (χ0n) is 11.9. The van der Waals surface area contributed by atoms with E-state index in [-0.39, 0.29) is 11.0 Å². The molecule has 0 saturated heterocycles. The number of fused-ring (bicyclic) bond motifs is 1. The molecule has 0 aliphatic rings. The van der Waals surface area contributed by atoms with Crippen LogP contribution in [0.4, 0.5) is 0 Å². The molecule has 1 heterocycles. The van der Waals surface area contributed by atoms with Crippen LogP contribution in [-0.4, -0.2) is 7.11 Å². The summed E-state index contributed by atoms with van der Waals surface area (Å²) in [6, 6.07) is 15.6. The quantitative estimate of drug-likeness (QED) is 0.581. The molecule has 0 atom stereocenters. The molecule has 2 N–H and O–H groups in total. The molecule has 5 heteroatoms. The van der Waals surface area contributed by atoms with Crippen molar-refractivity contribution >= 4 is 11.0 Å². The molecule has 0 bridgehead atoms. The average molecular weight is 294 g/mol. The molecule has 0 saturated carbocycles. The summed E-state index contributed by atoms with van der Waals surface area (Å²) in [6.45, 7) is 0. The van der Waals surface area contributed by atoms with Gasteiger partial charge in [0.1, 0.15) is 11.5 Å². The van der Waals surface area contributed by atoms with Crippen LogP contribution in [0.15, 0.2) is 68.9 Å². The van der Waals surface area contributed by atoms with E-state index >= 15 is 0 Å². The van der Waals surface area contributed by atoms with Gasteiger partial charge < -0.3 is 15.0 Å². The smallest absolute Gasteiger partial charge is 0.221 e. The highest BCUT2D eigenvalue weighted by Gasteiger charge is 2.07. The van der Waals surface area contributed by atoms with Gasteiger partial charge in [0, 0.05) is 17.0 Å². The molecule has 5 nitrogen and oxygen atoms in total. The minimum absolute atomic E-state index is 0.222. The Morgan fingerprint density at radius 3 is 2.50 bits per heavy atom. The molecule has 0 amide bonds. The molecular formula is C17H14N2O3. The minimum atomic E-state index is -0.222. The molecule has 0 aliphatic carbocycles. The van der Waals surface area contributed by atoms with E-state index in [1.54, 1.807) is 31.4 Å². The van der Waals surface area contributed by atoms with Crippen molar-refractivity contribution in [2.75, 3.05) is 7.11 Å². The first-order valence-electron chi connectivity index (χ1n) is 6.68. The van der Waals surface area contributed by atoms with Crippen LogP contribution >= 0.6 is 0 Å². The van der Waals surface area contributed by atoms with E-state index < -0.39 is 0 Å². The molecule has 0 unspecified atom stereocenters. The van der Waals surface area contributed by atoms with E-state index in [2.05, 4.69) is 5.10 Å². The molecule has 22 heavy (non-hydrogen) atoms. The fourth-order valence-electron chi connectivity index (χ4n) is 2.23. The molecule has 0 fully saturated rings. The Labute approximate surface area is 126 Å². The third-order valence-corrected chi connectivity index (χ3v) is 3.36. The van der Waals surface area contributed by atoms with Gasteiger partial charge in [-0.2, -0.15) is 5.10 Å². The first-order chi connectivity index (χ1) is 10.7. The van der Waals surface area contributed by atoms with Gasteiger partial charge in [-0.1, -0.05) is 12.1 Å². The Balaban J connectivity index is 2.32. The Hall–Kier alpha value is -3.08. The number of methoxy groups -OCH3 is 1. The van der Waals surface area contributed by atoms with Crippen LogP contribution in [0.3, 0.4) is 0 Å². The van der Waals surface area contributed by atoms with Gasteiger partial charge in [-0.3, -0.25) is 4.79 Å². The standard InChI is InChI=1S/C17H14N2O3/c1-21-12-8-6-11(7-9-12)16-10-14(19-18)13-4-2-3-5-15(20)17(13)22-16/h2-10H,18H2,1H3/b19-14-. The zero-order valence-corrected chi connectivity index (χ0v) is 11.9. The van der Waals surface area contributed by atoms with Gasteiger partial charge in [0.05, 0.1) is 12.5 Å². The summed E-state index contributed by atoms with van der Waals surface area (Å²) in [5.74, 6) is 6.72. The highest BCUT2D eigenvalue weighted by atomic mass is 16.5. The van der Waals surface area contributed by atoms with Crippen molar-refractivity contribution in [3.8, 4) is 17.1 Å². The van der Waals surface area contributed by atoms with Crippen molar-refractivity contribution in [3.63, 3.8) is 0 Å². The summed E-state index contributed by atoms with van der Waals surface area (Å²) in [4.78, 5) is 12.1. The maximum atomic E-state index is 12.1. The lowest BCUT2D eigenvalue weighted by Crippen LogP contribution is -2.09. The number of benzene rings is 1. The Kier molecular flexibility index (Phi) is 3.62. The molecule has 0 aliphatic heterocycles. The van der Waals surface area contributed by atoms with Gasteiger partial charge in [-0.15, -0.1) is 0 Å². The second-order valence-electron chi connectivity index (χ2n) is 4.68. The first kappa shape index (κ1) is 13.9. The number of rotatable bonds is 2. The van der Waals surface area contributed by atoms with E-state index in [9.17, 15) is 4.79 Å². The molecule has 2 aromatic carbocycles. The van der Waals surface area contributed by atoms with Crippen LogP contribution in [0, 0.1) is 0 Å². The van der Waals surface area contributed by atoms with Crippen LogP contribution < -0.4 is 21.4 Å². The van der Waals surface area contributed by atoms with Gasteiger partial charge in [0.25, 0.3) is 0 Å². The lowest BCUT2D eigenvalue weighted by atomic mass is 10.1. The average Bonchev–Trinajstić information content (AvgIpc) is 2.76. The first-order valence-corrected chi connectivity index (χ1v) is 6.68. The Bertz CT molecular complexity index is 944. The SMILES string of the molecule is COc1ccc(-c2c/c(=N/N)c3ccccc(=O)c3o2)cc1. The fraction of sp³-hybridized carbons (Fsp3) is 0.0588. The van der Waals surface area contributed by atoms with Gasteiger partial charge >= 0.3 is 0 Å². The lowest BCUT2D eigenvalue weighted by Gasteiger charge is -2.04. The van der Waals surface area contributed by atoms with E-state index in [1.165, 1.54) is 6.07 Å². The second kappa shape index (κ2) is 5.73. The van der Waals surface area contributed by atoms with E-state index in [0.29, 0.717) is 16.5 Å². The summed E-state index contributed by atoms with van der Waals surface area (Å²) >= 11 is 0. The molecular weight excluding hydrogens is 280 g/mol. The molecule has 110 valence electrons. The highest BCUT2D eigenvalue weighted by Crippen LogP contribution is 2.23. The van der Waals surface area contributed by atoms with Crippen LogP contribution in [0.5, 0.6) is 5.75 Å². The Morgan fingerprint density at radius 1 is 1.09 bits per heavy atom. The summed E-state index contributed by atoms with van der Waals surface area (Å²) in [7, 11) is 1.60. The van der Waals surface area contributed by atoms with Crippen molar-refractivity contribution in [2.45, 2.75) is 0 Å². The van der Waals surface area contributed by atoms with Crippen LogP contribution in [0.1, 0.15) is 0 Å². The second-order valence-corrected chi connectivity index (χ2v) is 4.68. The molecule has 3 rings (SSSR count). The molecule has 0 radical (unpaired) electrons. The van der Waals surface area contributed by atoms with E-state index in [1.807, 2.05) is 24.3 Å². The largest absolute Gasteiger partial charge is 0.497 e. The number of nitrogens with zero attached hydrogens (tertiary/aromatic N) is 1. The van der Waals surface area contributed by atoms with Gasteiger partial charge in [0.15, 0.2) is 5.58 Å². The minimum Gasteiger partial charge on any atom is -0.497 e. The molecule has 0 spiro atoms. The maximum absolute atomic E-state index is 12.1. The van der Waals surface area contributed by atoms with Crippen LogP contribution in [-0.2, 0) is 0 Å². The summed E-state index contributed by atoms with van der Waals surface area (Å²) < 4.78 is 10.9. The van der Waals surface area contributed by atoms with Crippen LogP contribution in [0.25, 0.3) is 22.3 Å². The van der Waals surface area contributed by atoms with Gasteiger partial charge in [-0.25, -0.2) is 0 Å². The predicted octanol–water partition coefficient (Wildman–Crippen LogP) is 2.24. The number of hydrogen-bond donors (Lipinski definition) is 1. The summed E-state index contributed by atoms with van der Waals surface area (Å²) in [5.41, 5.74) is 0.807. The normalized spacial score (nSPS) is 11.6. The zero-order chi connectivity index (χ0) is 15.5. The predicted molar refractivity (Wildman–Crippen MR) is 84.2 cm³/mol. The van der Waals surface area contributed by atoms with Crippen molar-refractivity contribution in [2.24, 2.45) is 10.9 Å². The molecule has 1 aromatic heterocycles. The fourth-order valence-corrected chi connectivity index (χ4v) is 2.23. The van der Waals surface area contributed by atoms with E-state index in [4.69, 9.17) is 15.0 Å². The lowest BCUT2D eigenvalue weighted by molar-refractivity contribution is 0.415. The highest BCUT2D eigenvalue weighted by molar-refractivity contribution is 5.77. The summed E-state index contributed by atoms with van der Waals surface area (Å²) in [6.07, 6.45) is 0. The Morgan fingerprint density at radius 2 is 1.82 bits per heavy atom. The van der Waals surface area contributed by atoms with Crippen molar-refractivity contribution in [1.29, 1.82) is 0 Å². The topological polar surface area (TPSA) is 77.8 Å². The maximum Gasteiger partial charge on any atom is 0.221 e. The van der Waals surface area contributed by atoms with Crippen molar-refractivity contribution < 1.29 is 9.15 Å². The number of nitrogens with two attached hydrogens (primary N) is 1.